The lowest BCUT2D eigenvalue weighted by molar-refractivity contribution is -0.384. The number of urea groups is 1. The number of nitro groups is 1. The number of hydrogen-bond acceptors (Lipinski definition) is 6. The van der Waals surface area contributed by atoms with Gasteiger partial charge in [-0.2, -0.15) is 0 Å². The fourth-order valence-corrected chi connectivity index (χ4v) is 4.66. The number of nitrogens with one attached hydrogen (secondary N) is 2. The molecule has 3 aromatic rings. The Morgan fingerprint density at radius 1 is 1.02 bits per heavy atom. The van der Waals surface area contributed by atoms with Crippen molar-refractivity contribution in [3.05, 3.63) is 93.2 Å². The van der Waals surface area contributed by atoms with Crippen LogP contribution in [-0.4, -0.2) is 58.4 Å². The van der Waals surface area contributed by atoms with Crippen LogP contribution in [0.25, 0.3) is 0 Å². The minimum atomic E-state index is -0.619. The number of benzene rings is 3. The van der Waals surface area contributed by atoms with Gasteiger partial charge in [-0.25, -0.2) is 9.18 Å². The van der Waals surface area contributed by atoms with E-state index in [0.29, 0.717) is 30.3 Å². The molecule has 1 aliphatic heterocycles. The maximum atomic E-state index is 13.3. The first-order chi connectivity index (χ1) is 19.1. The minimum Gasteiger partial charge on any atom is -0.482 e. The van der Waals surface area contributed by atoms with Crippen LogP contribution < -0.4 is 15.4 Å². The normalized spacial score (nSPS) is 17.2. The van der Waals surface area contributed by atoms with Gasteiger partial charge in [-0.1, -0.05) is 23.7 Å². The summed E-state index contributed by atoms with van der Waals surface area (Å²) < 4.78 is 19.1. The number of carbonyl (C=O) groups is 2. The van der Waals surface area contributed by atoms with Crippen molar-refractivity contribution in [2.75, 3.05) is 30.3 Å². The second-order valence-corrected chi connectivity index (χ2v) is 10.0. The molecule has 4 rings (SSSR count). The summed E-state index contributed by atoms with van der Waals surface area (Å²) in [5.41, 5.74) is 1.51. The van der Waals surface area contributed by atoms with Crippen molar-refractivity contribution in [2.45, 2.75) is 32.5 Å². The number of piperazine rings is 1. The van der Waals surface area contributed by atoms with Crippen molar-refractivity contribution >= 4 is 40.6 Å². The summed E-state index contributed by atoms with van der Waals surface area (Å²) in [5, 5.41) is 16.4. The van der Waals surface area contributed by atoms with E-state index in [2.05, 4.69) is 15.5 Å². The van der Waals surface area contributed by atoms with E-state index in [9.17, 15) is 24.1 Å². The fraction of sp³-hybridized carbons (Fsp3) is 0.286. The molecule has 0 bridgehead atoms. The third-order valence-corrected chi connectivity index (χ3v) is 6.85. The first-order valence-corrected chi connectivity index (χ1v) is 13.0. The SMILES string of the molecule is C[C@@H]1CN(C(=O)COc2ccc(Cl)cc2NC(=O)Nc2ccc([N+](=O)[O-])cc2)[C@@H](C)CN1Cc1ccc(F)cc1. The van der Waals surface area contributed by atoms with Gasteiger partial charge in [0.2, 0.25) is 0 Å². The Morgan fingerprint density at radius 3 is 2.40 bits per heavy atom. The average Bonchev–Trinajstić information content (AvgIpc) is 2.91. The summed E-state index contributed by atoms with van der Waals surface area (Å²) in [6, 6.07) is 15.8. The van der Waals surface area contributed by atoms with Crippen LogP contribution in [0.3, 0.4) is 0 Å². The number of amides is 3. The van der Waals surface area contributed by atoms with Crippen LogP contribution in [-0.2, 0) is 11.3 Å². The van der Waals surface area contributed by atoms with E-state index < -0.39 is 11.0 Å². The summed E-state index contributed by atoms with van der Waals surface area (Å²) in [6.07, 6.45) is 0. The molecule has 10 nitrogen and oxygen atoms in total. The number of nitrogens with zero attached hydrogens (tertiary/aromatic N) is 3. The van der Waals surface area contributed by atoms with Crippen LogP contribution >= 0.6 is 11.6 Å². The number of ether oxygens (including phenoxy) is 1. The van der Waals surface area contributed by atoms with Crippen molar-refractivity contribution in [3.8, 4) is 5.75 Å². The molecule has 0 saturated carbocycles. The number of carbonyl (C=O) groups excluding carboxylic acids is 2. The third kappa shape index (κ3) is 7.45. The van der Waals surface area contributed by atoms with E-state index in [4.69, 9.17) is 16.3 Å². The van der Waals surface area contributed by atoms with Crippen molar-refractivity contribution in [2.24, 2.45) is 0 Å². The van der Waals surface area contributed by atoms with E-state index in [0.717, 1.165) is 5.56 Å². The smallest absolute Gasteiger partial charge is 0.323 e. The van der Waals surface area contributed by atoms with Gasteiger partial charge in [0.1, 0.15) is 11.6 Å². The van der Waals surface area contributed by atoms with Crippen molar-refractivity contribution in [3.63, 3.8) is 0 Å². The molecular weight excluding hydrogens is 541 g/mol. The lowest BCUT2D eigenvalue weighted by Gasteiger charge is -2.44. The van der Waals surface area contributed by atoms with Gasteiger partial charge in [0, 0.05) is 54.6 Å². The van der Waals surface area contributed by atoms with E-state index in [1.54, 1.807) is 29.2 Å². The Bertz CT molecular complexity index is 1370. The van der Waals surface area contributed by atoms with Gasteiger partial charge in [0.25, 0.3) is 11.6 Å². The largest absolute Gasteiger partial charge is 0.482 e. The Hall–Kier alpha value is -4.22. The summed E-state index contributed by atoms with van der Waals surface area (Å²) in [4.78, 5) is 40.0. The summed E-state index contributed by atoms with van der Waals surface area (Å²) in [5.74, 6) is -0.214. The highest BCUT2D eigenvalue weighted by atomic mass is 35.5. The fourth-order valence-electron chi connectivity index (χ4n) is 4.49. The van der Waals surface area contributed by atoms with Crippen LogP contribution in [0.2, 0.25) is 5.02 Å². The molecule has 3 amide bonds. The second kappa shape index (κ2) is 12.8. The van der Waals surface area contributed by atoms with Crippen LogP contribution in [0.1, 0.15) is 19.4 Å². The van der Waals surface area contributed by atoms with Gasteiger partial charge in [-0.05, 0) is 61.9 Å². The predicted molar refractivity (Wildman–Crippen MR) is 150 cm³/mol. The predicted octanol–water partition coefficient (Wildman–Crippen LogP) is 5.53. The first kappa shape index (κ1) is 28.8. The highest BCUT2D eigenvalue weighted by Gasteiger charge is 2.32. The van der Waals surface area contributed by atoms with Crippen molar-refractivity contribution in [1.82, 2.24) is 9.80 Å². The Labute approximate surface area is 235 Å². The quantitative estimate of drug-likeness (QED) is 0.272. The van der Waals surface area contributed by atoms with Crippen molar-refractivity contribution < 1.29 is 23.6 Å². The zero-order valence-electron chi connectivity index (χ0n) is 22.0. The number of non-ortho nitro benzene ring substituents is 1. The molecule has 1 saturated heterocycles. The van der Waals surface area contributed by atoms with Crippen LogP contribution in [0.5, 0.6) is 5.75 Å². The lowest BCUT2D eigenvalue weighted by Crippen LogP contribution is -2.58. The summed E-state index contributed by atoms with van der Waals surface area (Å²) in [7, 11) is 0. The van der Waals surface area contributed by atoms with Gasteiger partial charge in [0.15, 0.2) is 6.61 Å². The van der Waals surface area contributed by atoms with E-state index in [1.165, 1.54) is 42.5 Å². The average molecular weight is 570 g/mol. The van der Waals surface area contributed by atoms with Gasteiger partial charge in [0.05, 0.1) is 10.6 Å². The van der Waals surface area contributed by atoms with E-state index in [-0.39, 0.29) is 47.5 Å². The molecule has 3 aromatic carbocycles. The van der Waals surface area contributed by atoms with Gasteiger partial charge < -0.3 is 20.3 Å². The topological polar surface area (TPSA) is 117 Å². The third-order valence-electron chi connectivity index (χ3n) is 6.61. The standard InChI is InChI=1S/C28H29ClFN5O5/c1-18-15-34(19(2)14-33(18)16-20-3-6-22(30)7-4-20)27(36)17-40-26-12-5-21(29)13-25(26)32-28(37)31-23-8-10-24(11-9-23)35(38)39/h3-13,18-19H,14-17H2,1-2H3,(H2,31,32,37)/t18-,19+/m1/s1. The number of nitro benzene ring substituents is 1. The molecule has 1 aliphatic rings. The molecule has 12 heteroatoms. The molecule has 1 heterocycles. The molecular formula is C28H29ClFN5O5. The van der Waals surface area contributed by atoms with Crippen LogP contribution in [0, 0.1) is 15.9 Å². The van der Waals surface area contributed by atoms with Crippen LogP contribution in [0.4, 0.5) is 26.2 Å². The Kier molecular flexibility index (Phi) is 9.18. The number of rotatable bonds is 8. The molecule has 0 spiro atoms. The number of anilines is 2. The molecule has 40 heavy (non-hydrogen) atoms. The van der Waals surface area contributed by atoms with Gasteiger partial charge in [-0.15, -0.1) is 0 Å². The van der Waals surface area contributed by atoms with E-state index >= 15 is 0 Å². The summed E-state index contributed by atoms with van der Waals surface area (Å²) in [6.45, 7) is 5.59. The number of halogens is 2. The molecule has 2 N–H and O–H groups in total. The molecule has 0 radical (unpaired) electrons. The first-order valence-electron chi connectivity index (χ1n) is 12.6. The van der Waals surface area contributed by atoms with Gasteiger partial charge in [-0.3, -0.25) is 19.8 Å². The minimum absolute atomic E-state index is 0.0666. The molecule has 0 aromatic heterocycles. The zero-order chi connectivity index (χ0) is 28.8. The van der Waals surface area contributed by atoms with E-state index in [1.807, 2.05) is 13.8 Å². The maximum Gasteiger partial charge on any atom is 0.323 e. The van der Waals surface area contributed by atoms with Crippen molar-refractivity contribution in [1.29, 1.82) is 0 Å². The van der Waals surface area contributed by atoms with Crippen LogP contribution in [0.15, 0.2) is 66.7 Å². The molecule has 210 valence electrons. The second-order valence-electron chi connectivity index (χ2n) is 9.61. The summed E-state index contributed by atoms with van der Waals surface area (Å²) >= 11 is 6.12. The Balaban J connectivity index is 1.34. The molecule has 0 unspecified atom stereocenters. The maximum absolute atomic E-state index is 13.3. The molecule has 2 atom stereocenters. The lowest BCUT2D eigenvalue weighted by atomic mass is 10.1. The highest BCUT2D eigenvalue weighted by molar-refractivity contribution is 6.31. The zero-order valence-corrected chi connectivity index (χ0v) is 22.7. The highest BCUT2D eigenvalue weighted by Crippen LogP contribution is 2.29. The number of hydrogen-bond donors (Lipinski definition) is 2. The molecule has 0 aliphatic carbocycles. The van der Waals surface area contributed by atoms with Gasteiger partial charge >= 0.3 is 6.03 Å². The monoisotopic (exact) mass is 569 g/mol. The molecule has 1 fully saturated rings. The Morgan fingerprint density at radius 2 is 1.73 bits per heavy atom.